The predicted octanol–water partition coefficient (Wildman–Crippen LogP) is 3.28. The lowest BCUT2D eigenvalue weighted by atomic mass is 10.1. The molecule has 2 rings (SSSR count). The highest BCUT2D eigenvalue weighted by molar-refractivity contribution is 5.42. The summed E-state index contributed by atoms with van der Waals surface area (Å²) in [5.41, 5.74) is 2.04. The number of aliphatic hydroxyl groups excluding tert-OH is 1. The molecule has 2 aromatic carbocycles. The molecule has 0 radical (unpaired) electrons. The lowest BCUT2D eigenvalue weighted by Crippen LogP contribution is -2.30. The topological polar surface area (TPSA) is 51.2 Å². The third-order valence-electron chi connectivity index (χ3n) is 4.29. The number of ether oxygens (including phenoxy) is 3. The Bertz CT molecular complexity index is 648. The number of benzene rings is 2. The van der Waals surface area contributed by atoms with Crippen LogP contribution in [0, 0.1) is 0 Å². The van der Waals surface area contributed by atoms with Gasteiger partial charge in [-0.15, -0.1) is 0 Å². The highest BCUT2D eigenvalue weighted by atomic mass is 16.5. The average Bonchev–Trinajstić information content (AvgIpc) is 2.68. The highest BCUT2D eigenvalue weighted by Gasteiger charge is 2.15. The average molecular weight is 359 g/mol. The Balaban J connectivity index is 2.08. The fourth-order valence-electron chi connectivity index (χ4n) is 2.93. The zero-order valence-electron chi connectivity index (χ0n) is 15.9. The van der Waals surface area contributed by atoms with Gasteiger partial charge in [0.05, 0.1) is 20.3 Å². The van der Waals surface area contributed by atoms with Crippen LogP contribution < -0.4 is 9.47 Å². The largest absolute Gasteiger partial charge is 0.493 e. The Morgan fingerprint density at radius 1 is 0.962 bits per heavy atom. The van der Waals surface area contributed by atoms with Crippen molar-refractivity contribution in [1.29, 1.82) is 0 Å². The van der Waals surface area contributed by atoms with Crippen molar-refractivity contribution < 1.29 is 19.3 Å². The molecule has 2 aromatic rings. The van der Waals surface area contributed by atoms with Crippen molar-refractivity contribution >= 4 is 0 Å². The molecule has 26 heavy (non-hydrogen) atoms. The first-order valence-corrected chi connectivity index (χ1v) is 8.83. The summed E-state index contributed by atoms with van der Waals surface area (Å²) in [6.45, 7) is 2.81. The maximum absolute atomic E-state index is 10.6. The van der Waals surface area contributed by atoms with Gasteiger partial charge in [-0.2, -0.15) is 0 Å². The molecule has 0 heterocycles. The number of hydrogen-bond acceptors (Lipinski definition) is 5. The van der Waals surface area contributed by atoms with Gasteiger partial charge in [0.2, 0.25) is 0 Å². The van der Waals surface area contributed by atoms with Crippen molar-refractivity contribution in [3.63, 3.8) is 0 Å². The van der Waals surface area contributed by atoms with Gasteiger partial charge in [0.15, 0.2) is 11.5 Å². The first-order chi connectivity index (χ1) is 12.7. The highest BCUT2D eigenvalue weighted by Crippen LogP contribution is 2.28. The second-order valence-electron chi connectivity index (χ2n) is 6.20. The van der Waals surface area contributed by atoms with Crippen LogP contribution in [0.3, 0.4) is 0 Å². The molecule has 0 spiro atoms. The number of hydrogen-bond donors (Lipinski definition) is 1. The molecule has 5 nitrogen and oxygen atoms in total. The molecule has 0 fully saturated rings. The van der Waals surface area contributed by atoms with E-state index >= 15 is 0 Å². The molecule has 1 N–H and O–H groups in total. The van der Waals surface area contributed by atoms with E-state index < -0.39 is 6.10 Å². The van der Waals surface area contributed by atoms with Crippen molar-refractivity contribution in [1.82, 2.24) is 4.90 Å². The Morgan fingerprint density at radius 2 is 1.69 bits per heavy atom. The molecule has 0 aromatic heterocycles. The molecule has 1 atom stereocenters. The van der Waals surface area contributed by atoms with Crippen molar-refractivity contribution in [3.05, 3.63) is 59.7 Å². The van der Waals surface area contributed by atoms with Crippen LogP contribution in [0.15, 0.2) is 48.5 Å². The van der Waals surface area contributed by atoms with E-state index in [1.165, 1.54) is 0 Å². The van der Waals surface area contributed by atoms with E-state index in [2.05, 4.69) is 4.90 Å². The number of aliphatic hydroxyl groups is 1. The lowest BCUT2D eigenvalue weighted by Gasteiger charge is -2.25. The summed E-state index contributed by atoms with van der Waals surface area (Å²) in [7, 11) is 4.97. The monoisotopic (exact) mass is 359 g/mol. The standard InChI is InChI=1S/C21H29NO4/c1-24-13-7-12-22(16-19(23)18-8-5-4-6-9-18)15-17-10-11-20(25-2)21(14-17)26-3/h4-6,8-11,14,19,23H,7,12-13,15-16H2,1-3H3. The Morgan fingerprint density at radius 3 is 2.35 bits per heavy atom. The smallest absolute Gasteiger partial charge is 0.161 e. The maximum atomic E-state index is 10.6. The molecule has 0 bridgehead atoms. The third kappa shape index (κ3) is 6.02. The van der Waals surface area contributed by atoms with Crippen LogP contribution in [0.2, 0.25) is 0 Å². The van der Waals surface area contributed by atoms with E-state index in [0.717, 1.165) is 24.1 Å². The molecular formula is C21H29NO4. The molecule has 0 aliphatic carbocycles. The van der Waals surface area contributed by atoms with Crippen LogP contribution >= 0.6 is 0 Å². The second kappa shape index (κ2) is 10.8. The Hall–Kier alpha value is -2.08. The summed E-state index contributed by atoms with van der Waals surface area (Å²) in [5.74, 6) is 1.43. The predicted molar refractivity (Wildman–Crippen MR) is 103 cm³/mol. The van der Waals surface area contributed by atoms with Crippen LogP contribution in [-0.2, 0) is 11.3 Å². The van der Waals surface area contributed by atoms with Crippen LogP contribution in [0.5, 0.6) is 11.5 Å². The molecule has 0 saturated carbocycles. The minimum absolute atomic E-state index is 0.529. The lowest BCUT2D eigenvalue weighted by molar-refractivity contribution is 0.0995. The molecule has 0 aliphatic rings. The number of nitrogens with zero attached hydrogens (tertiary/aromatic N) is 1. The molecule has 5 heteroatoms. The van der Waals surface area contributed by atoms with Crippen molar-refractivity contribution in [2.24, 2.45) is 0 Å². The summed E-state index contributed by atoms with van der Waals surface area (Å²) in [5, 5.41) is 10.6. The van der Waals surface area contributed by atoms with Gasteiger partial charge >= 0.3 is 0 Å². The Labute approximate surface area is 156 Å². The van der Waals surface area contributed by atoms with E-state index in [1.54, 1.807) is 21.3 Å². The summed E-state index contributed by atoms with van der Waals surface area (Å²) in [6.07, 6.45) is 0.379. The molecular weight excluding hydrogens is 330 g/mol. The van der Waals surface area contributed by atoms with Crippen molar-refractivity contribution in [3.8, 4) is 11.5 Å². The zero-order chi connectivity index (χ0) is 18.8. The summed E-state index contributed by atoms with van der Waals surface area (Å²) in [6, 6.07) is 15.7. The zero-order valence-corrected chi connectivity index (χ0v) is 15.9. The number of rotatable bonds is 11. The van der Waals surface area contributed by atoms with Gasteiger partial charge in [0, 0.05) is 33.4 Å². The molecule has 142 valence electrons. The van der Waals surface area contributed by atoms with Crippen LogP contribution in [0.25, 0.3) is 0 Å². The van der Waals surface area contributed by atoms with Gasteiger partial charge in [-0.3, -0.25) is 4.90 Å². The SMILES string of the molecule is COCCCN(Cc1ccc(OC)c(OC)c1)CC(O)c1ccccc1. The van der Waals surface area contributed by atoms with E-state index in [-0.39, 0.29) is 0 Å². The first-order valence-electron chi connectivity index (χ1n) is 8.83. The quantitative estimate of drug-likeness (QED) is 0.624. The summed E-state index contributed by atoms with van der Waals surface area (Å²) < 4.78 is 15.9. The van der Waals surface area contributed by atoms with Crippen molar-refractivity contribution in [2.45, 2.75) is 19.1 Å². The van der Waals surface area contributed by atoms with Gasteiger partial charge in [-0.25, -0.2) is 0 Å². The third-order valence-corrected chi connectivity index (χ3v) is 4.29. The molecule has 0 amide bonds. The second-order valence-corrected chi connectivity index (χ2v) is 6.20. The molecule has 0 aliphatic heterocycles. The minimum atomic E-state index is -0.529. The van der Waals surface area contributed by atoms with E-state index in [1.807, 2.05) is 48.5 Å². The van der Waals surface area contributed by atoms with E-state index in [0.29, 0.717) is 31.2 Å². The van der Waals surface area contributed by atoms with Gasteiger partial charge in [0.25, 0.3) is 0 Å². The van der Waals surface area contributed by atoms with E-state index in [9.17, 15) is 5.11 Å². The minimum Gasteiger partial charge on any atom is -0.493 e. The number of methoxy groups -OCH3 is 3. The van der Waals surface area contributed by atoms with Gasteiger partial charge in [-0.1, -0.05) is 36.4 Å². The Kier molecular flexibility index (Phi) is 8.41. The van der Waals surface area contributed by atoms with Crippen LogP contribution in [0.1, 0.15) is 23.7 Å². The van der Waals surface area contributed by atoms with Crippen LogP contribution in [-0.4, -0.2) is 51.0 Å². The van der Waals surface area contributed by atoms with Gasteiger partial charge in [0.1, 0.15) is 0 Å². The molecule has 1 unspecified atom stereocenters. The summed E-state index contributed by atoms with van der Waals surface area (Å²) in [4.78, 5) is 2.23. The van der Waals surface area contributed by atoms with Gasteiger partial charge < -0.3 is 19.3 Å². The fraction of sp³-hybridized carbons (Fsp3) is 0.429. The van der Waals surface area contributed by atoms with Crippen LogP contribution in [0.4, 0.5) is 0 Å². The summed E-state index contributed by atoms with van der Waals surface area (Å²) >= 11 is 0. The van der Waals surface area contributed by atoms with Gasteiger partial charge in [-0.05, 0) is 29.7 Å². The van der Waals surface area contributed by atoms with E-state index in [4.69, 9.17) is 14.2 Å². The maximum Gasteiger partial charge on any atom is 0.161 e. The fourth-order valence-corrected chi connectivity index (χ4v) is 2.93. The first kappa shape index (κ1) is 20.2. The molecule has 0 saturated heterocycles. The normalized spacial score (nSPS) is 12.2. The van der Waals surface area contributed by atoms with Crippen molar-refractivity contribution in [2.75, 3.05) is 41.0 Å².